The number of rotatable bonds is 5. The van der Waals surface area contributed by atoms with Gasteiger partial charge in [-0.25, -0.2) is 15.0 Å². The van der Waals surface area contributed by atoms with Gasteiger partial charge in [-0.15, -0.1) is 0 Å². The summed E-state index contributed by atoms with van der Waals surface area (Å²) in [6.07, 6.45) is 0. The van der Waals surface area contributed by atoms with Crippen molar-refractivity contribution >= 4 is 43.9 Å². The van der Waals surface area contributed by atoms with Crippen LogP contribution >= 0.6 is 0 Å². The van der Waals surface area contributed by atoms with Crippen molar-refractivity contribution in [2.75, 3.05) is 0 Å². The van der Waals surface area contributed by atoms with E-state index in [9.17, 15) is 0 Å². The first-order valence-electron chi connectivity index (χ1n) is 16.6. The van der Waals surface area contributed by atoms with Gasteiger partial charge in [0.1, 0.15) is 22.3 Å². The summed E-state index contributed by atoms with van der Waals surface area (Å²) < 4.78 is 12.7. The molecule has 0 aliphatic carbocycles. The Morgan fingerprint density at radius 2 is 0.820 bits per heavy atom. The Balaban J connectivity index is 1.23. The number of furan rings is 2. The summed E-state index contributed by atoms with van der Waals surface area (Å²) >= 11 is 0. The predicted octanol–water partition coefficient (Wildman–Crippen LogP) is 12.0. The second kappa shape index (κ2) is 11.4. The van der Waals surface area contributed by atoms with Crippen molar-refractivity contribution in [2.45, 2.75) is 0 Å². The number of para-hydroxylation sites is 1. The number of nitrogens with zero attached hydrogens (tertiary/aromatic N) is 3. The van der Waals surface area contributed by atoms with Crippen molar-refractivity contribution in [1.29, 1.82) is 0 Å². The Bertz CT molecular complexity index is 2800. The maximum Gasteiger partial charge on any atom is 0.164 e. The Hall–Kier alpha value is -6.85. The van der Waals surface area contributed by atoms with Gasteiger partial charge in [0.2, 0.25) is 0 Å². The SMILES string of the molecule is c1ccc(-c2cc(-c3nc(-c4ccccc4)nc(-c4ccccc4)n3)cc(-c3cccc4oc5cc6oc7ccccc7c6cc5c34)c2)cc1. The van der Waals surface area contributed by atoms with E-state index in [2.05, 4.69) is 66.7 Å². The second-order valence-corrected chi connectivity index (χ2v) is 12.4. The van der Waals surface area contributed by atoms with Gasteiger partial charge in [0, 0.05) is 44.3 Å². The van der Waals surface area contributed by atoms with Crippen LogP contribution < -0.4 is 0 Å². The smallest absolute Gasteiger partial charge is 0.164 e. The third-order valence-electron chi connectivity index (χ3n) is 9.30. The van der Waals surface area contributed by atoms with Gasteiger partial charge in [-0.2, -0.15) is 0 Å². The second-order valence-electron chi connectivity index (χ2n) is 12.4. The van der Waals surface area contributed by atoms with Crippen LogP contribution in [0.4, 0.5) is 0 Å². The first-order valence-corrected chi connectivity index (χ1v) is 16.6. The highest BCUT2D eigenvalue weighted by Crippen LogP contribution is 2.42. The van der Waals surface area contributed by atoms with Crippen molar-refractivity contribution < 1.29 is 8.83 Å². The fourth-order valence-corrected chi connectivity index (χ4v) is 6.93. The monoisotopic (exact) mass is 641 g/mol. The van der Waals surface area contributed by atoms with Gasteiger partial charge in [0.05, 0.1) is 0 Å². The van der Waals surface area contributed by atoms with Crippen molar-refractivity contribution in [2.24, 2.45) is 0 Å². The van der Waals surface area contributed by atoms with Crippen LogP contribution in [0.25, 0.3) is 100 Å². The predicted molar refractivity (Wildman–Crippen MR) is 202 cm³/mol. The highest BCUT2D eigenvalue weighted by molar-refractivity contribution is 6.18. The zero-order chi connectivity index (χ0) is 33.0. The molecule has 0 spiro atoms. The van der Waals surface area contributed by atoms with Crippen molar-refractivity contribution in [3.05, 3.63) is 164 Å². The third-order valence-corrected chi connectivity index (χ3v) is 9.30. The fraction of sp³-hybridized carbons (Fsp3) is 0. The van der Waals surface area contributed by atoms with Gasteiger partial charge in [-0.05, 0) is 58.7 Å². The summed E-state index contributed by atoms with van der Waals surface area (Å²) in [6, 6.07) is 55.8. The lowest BCUT2D eigenvalue weighted by atomic mass is 9.93. The van der Waals surface area contributed by atoms with E-state index in [4.69, 9.17) is 23.8 Å². The minimum Gasteiger partial charge on any atom is -0.456 e. The van der Waals surface area contributed by atoms with Crippen LogP contribution in [-0.4, -0.2) is 15.0 Å². The first kappa shape index (κ1) is 28.2. The molecule has 0 unspecified atom stereocenters. The molecule has 0 aliphatic heterocycles. The molecule has 0 atom stereocenters. The van der Waals surface area contributed by atoms with E-state index < -0.39 is 0 Å². The van der Waals surface area contributed by atoms with E-state index in [1.165, 1.54) is 0 Å². The zero-order valence-electron chi connectivity index (χ0n) is 26.7. The average molecular weight is 642 g/mol. The van der Waals surface area contributed by atoms with E-state index in [0.29, 0.717) is 17.5 Å². The number of benzene rings is 7. The Kier molecular flexibility index (Phi) is 6.42. The minimum atomic E-state index is 0.604. The maximum absolute atomic E-state index is 6.48. The molecule has 0 saturated heterocycles. The Labute approximate surface area is 287 Å². The van der Waals surface area contributed by atoms with E-state index in [0.717, 1.165) is 82.8 Å². The number of aromatic nitrogens is 3. The fourth-order valence-electron chi connectivity index (χ4n) is 6.93. The van der Waals surface area contributed by atoms with Crippen LogP contribution in [0.5, 0.6) is 0 Å². The molecule has 234 valence electrons. The molecule has 10 rings (SSSR count). The molecule has 0 bridgehead atoms. The van der Waals surface area contributed by atoms with Crippen molar-refractivity contribution in [1.82, 2.24) is 15.0 Å². The van der Waals surface area contributed by atoms with Crippen molar-refractivity contribution in [3.8, 4) is 56.4 Å². The molecule has 0 aliphatic rings. The molecule has 5 heteroatoms. The average Bonchev–Trinajstić information content (AvgIpc) is 3.75. The van der Waals surface area contributed by atoms with Gasteiger partial charge in [0.25, 0.3) is 0 Å². The Morgan fingerprint density at radius 1 is 0.300 bits per heavy atom. The molecule has 7 aromatic carbocycles. The molecule has 10 aromatic rings. The molecule has 3 aromatic heterocycles. The molecule has 0 saturated carbocycles. The summed E-state index contributed by atoms with van der Waals surface area (Å²) in [6.45, 7) is 0. The van der Waals surface area contributed by atoms with Gasteiger partial charge >= 0.3 is 0 Å². The molecule has 0 fully saturated rings. The third kappa shape index (κ3) is 4.75. The van der Waals surface area contributed by atoms with Gasteiger partial charge in [0.15, 0.2) is 17.5 Å². The first-order chi connectivity index (χ1) is 24.7. The summed E-state index contributed by atoms with van der Waals surface area (Å²) in [5.41, 5.74) is 10.3. The van der Waals surface area contributed by atoms with E-state index >= 15 is 0 Å². The highest BCUT2D eigenvalue weighted by Gasteiger charge is 2.19. The van der Waals surface area contributed by atoms with Crippen LogP contribution in [-0.2, 0) is 0 Å². The summed E-state index contributed by atoms with van der Waals surface area (Å²) in [7, 11) is 0. The normalized spacial score (nSPS) is 11.6. The quantitative estimate of drug-likeness (QED) is 0.187. The summed E-state index contributed by atoms with van der Waals surface area (Å²) in [4.78, 5) is 15.1. The molecule has 0 N–H and O–H groups in total. The van der Waals surface area contributed by atoms with E-state index in [-0.39, 0.29) is 0 Å². The maximum atomic E-state index is 6.48. The lowest BCUT2D eigenvalue weighted by Gasteiger charge is -2.13. The van der Waals surface area contributed by atoms with Crippen molar-refractivity contribution in [3.63, 3.8) is 0 Å². The van der Waals surface area contributed by atoms with Crippen LogP contribution in [0.3, 0.4) is 0 Å². The Morgan fingerprint density at radius 3 is 1.52 bits per heavy atom. The van der Waals surface area contributed by atoms with E-state index in [1.54, 1.807) is 0 Å². The summed E-state index contributed by atoms with van der Waals surface area (Å²) in [5, 5.41) is 4.25. The van der Waals surface area contributed by atoms with Gasteiger partial charge in [-0.1, -0.05) is 121 Å². The zero-order valence-corrected chi connectivity index (χ0v) is 26.7. The standard InChI is InChI=1S/C45H27N3O2/c1-4-13-28(14-5-1)31-23-32(25-33(24-31)45-47-43(29-15-6-2-7-16-29)46-44(48-45)30-17-8-3-9-18-30)34-20-12-22-39-42(34)37-26-36-35-19-10-11-21-38(35)49-40(36)27-41(37)50-39/h1-27H. The molecule has 50 heavy (non-hydrogen) atoms. The molecule has 0 amide bonds. The topological polar surface area (TPSA) is 65.0 Å². The highest BCUT2D eigenvalue weighted by atomic mass is 16.3. The molecule has 0 radical (unpaired) electrons. The largest absolute Gasteiger partial charge is 0.456 e. The van der Waals surface area contributed by atoms with E-state index in [1.807, 2.05) is 97.1 Å². The lowest BCUT2D eigenvalue weighted by Crippen LogP contribution is -2.00. The van der Waals surface area contributed by atoms with Crippen LogP contribution in [0.15, 0.2) is 173 Å². The van der Waals surface area contributed by atoms with Crippen LogP contribution in [0.1, 0.15) is 0 Å². The summed E-state index contributed by atoms with van der Waals surface area (Å²) in [5.74, 6) is 1.85. The molecular weight excluding hydrogens is 615 g/mol. The molecular formula is C45H27N3O2. The minimum absolute atomic E-state index is 0.604. The number of hydrogen-bond acceptors (Lipinski definition) is 5. The number of hydrogen-bond donors (Lipinski definition) is 0. The van der Waals surface area contributed by atoms with Crippen LogP contribution in [0.2, 0.25) is 0 Å². The number of fused-ring (bicyclic) bond motifs is 6. The molecule has 3 heterocycles. The van der Waals surface area contributed by atoms with Crippen LogP contribution in [0, 0.1) is 0 Å². The lowest BCUT2D eigenvalue weighted by molar-refractivity contribution is 0.656. The van der Waals surface area contributed by atoms with Gasteiger partial charge in [-0.3, -0.25) is 0 Å². The molecule has 5 nitrogen and oxygen atoms in total. The van der Waals surface area contributed by atoms with Gasteiger partial charge < -0.3 is 8.83 Å².